The number of nitrogens with two attached hydrogens (primary N) is 1. The van der Waals surface area contributed by atoms with Crippen molar-refractivity contribution in [1.29, 1.82) is 0 Å². The molecule has 172 valence electrons. The van der Waals surface area contributed by atoms with E-state index in [-0.39, 0.29) is 0 Å². The monoisotopic (exact) mass is 466 g/mol. The molecule has 3 N–H and O–H groups in total. The van der Waals surface area contributed by atoms with Gasteiger partial charge in [-0.15, -0.1) is 0 Å². The Bertz CT molecular complexity index is 1120. The number of carbonyl (C=O) groups is 1. The quantitative estimate of drug-likeness (QED) is 0.524. The van der Waals surface area contributed by atoms with Crippen LogP contribution in [0.5, 0.6) is 0 Å². The van der Waals surface area contributed by atoms with Crippen molar-refractivity contribution in [3.05, 3.63) is 70.9 Å². The van der Waals surface area contributed by atoms with Crippen LogP contribution >= 0.6 is 11.6 Å². The molecule has 1 aliphatic heterocycles. The Hall–Kier alpha value is -3.36. The van der Waals surface area contributed by atoms with Crippen LogP contribution in [0.3, 0.4) is 0 Å². The number of hydrogen-bond acceptors (Lipinski definition) is 7. The van der Waals surface area contributed by atoms with Crippen LogP contribution < -0.4 is 20.9 Å². The van der Waals surface area contributed by atoms with Crippen LogP contribution in [-0.4, -0.2) is 55.8 Å². The number of ether oxygens (including phenoxy) is 1. The fourth-order valence-electron chi connectivity index (χ4n) is 3.72. The lowest BCUT2D eigenvalue weighted by atomic mass is 10.1. The van der Waals surface area contributed by atoms with Gasteiger partial charge in [0.05, 0.1) is 13.2 Å². The largest absolute Gasteiger partial charge is 0.378 e. The zero-order valence-corrected chi connectivity index (χ0v) is 19.3. The van der Waals surface area contributed by atoms with E-state index in [0.29, 0.717) is 42.7 Å². The van der Waals surface area contributed by atoms with Gasteiger partial charge in [-0.05, 0) is 54.4 Å². The summed E-state index contributed by atoms with van der Waals surface area (Å²) in [6.07, 6.45) is 2.41. The molecule has 4 rings (SSSR count). The SMILES string of the molecule is CN(c1cccc(Cl)c1)c1ccnc(NCCc2cc(C(N)=O)cc(N3CCOCC3)c2)n1. The molecule has 8 nitrogen and oxygen atoms in total. The molecule has 1 aliphatic rings. The highest BCUT2D eigenvalue weighted by Crippen LogP contribution is 2.25. The van der Waals surface area contributed by atoms with Gasteiger partial charge in [-0.2, -0.15) is 4.98 Å². The molecule has 1 amide bonds. The van der Waals surface area contributed by atoms with Crippen molar-refractivity contribution in [3.8, 4) is 0 Å². The fourth-order valence-corrected chi connectivity index (χ4v) is 3.91. The molecule has 1 saturated heterocycles. The van der Waals surface area contributed by atoms with Crippen molar-refractivity contribution in [2.24, 2.45) is 5.73 Å². The number of anilines is 4. The van der Waals surface area contributed by atoms with Crippen molar-refractivity contribution in [2.75, 3.05) is 55.0 Å². The van der Waals surface area contributed by atoms with Crippen LogP contribution in [0, 0.1) is 0 Å². The Kier molecular flexibility index (Phi) is 7.26. The van der Waals surface area contributed by atoms with Gasteiger partial charge in [0.15, 0.2) is 0 Å². The van der Waals surface area contributed by atoms with E-state index in [4.69, 9.17) is 22.1 Å². The maximum atomic E-state index is 11.9. The fraction of sp³-hybridized carbons (Fsp3) is 0.292. The molecule has 0 radical (unpaired) electrons. The summed E-state index contributed by atoms with van der Waals surface area (Å²) in [4.78, 5) is 25.0. The number of primary amides is 1. The molecular formula is C24H27ClN6O2. The first kappa shape index (κ1) is 22.8. The molecule has 0 unspecified atom stereocenters. The van der Waals surface area contributed by atoms with Gasteiger partial charge in [-0.25, -0.2) is 4.98 Å². The molecule has 0 spiro atoms. The molecule has 1 aromatic heterocycles. The molecule has 0 atom stereocenters. The third-order valence-corrected chi connectivity index (χ3v) is 5.75. The van der Waals surface area contributed by atoms with Crippen molar-refractivity contribution < 1.29 is 9.53 Å². The number of carbonyl (C=O) groups excluding carboxylic acids is 1. The zero-order valence-electron chi connectivity index (χ0n) is 18.5. The summed E-state index contributed by atoms with van der Waals surface area (Å²) in [5, 5.41) is 3.94. The van der Waals surface area contributed by atoms with E-state index in [0.717, 1.165) is 35.8 Å². The number of hydrogen-bond donors (Lipinski definition) is 2. The van der Waals surface area contributed by atoms with E-state index >= 15 is 0 Å². The third-order valence-electron chi connectivity index (χ3n) is 5.52. The van der Waals surface area contributed by atoms with Gasteiger partial charge < -0.3 is 25.6 Å². The molecule has 1 fully saturated rings. The second-order valence-electron chi connectivity index (χ2n) is 7.81. The maximum Gasteiger partial charge on any atom is 0.248 e. The number of benzene rings is 2. The van der Waals surface area contributed by atoms with E-state index in [1.165, 1.54) is 0 Å². The zero-order chi connectivity index (χ0) is 23.2. The Morgan fingerprint density at radius 2 is 2.03 bits per heavy atom. The summed E-state index contributed by atoms with van der Waals surface area (Å²) >= 11 is 6.12. The number of halogens is 1. The number of aromatic nitrogens is 2. The highest BCUT2D eigenvalue weighted by molar-refractivity contribution is 6.30. The van der Waals surface area contributed by atoms with Gasteiger partial charge in [0.1, 0.15) is 5.82 Å². The van der Waals surface area contributed by atoms with Gasteiger partial charge in [-0.3, -0.25) is 4.79 Å². The summed E-state index contributed by atoms with van der Waals surface area (Å²) in [5.74, 6) is 0.848. The highest BCUT2D eigenvalue weighted by atomic mass is 35.5. The van der Waals surface area contributed by atoms with Gasteiger partial charge in [0.2, 0.25) is 11.9 Å². The average Bonchev–Trinajstić information content (AvgIpc) is 2.84. The third kappa shape index (κ3) is 5.91. The molecule has 0 aliphatic carbocycles. The van der Waals surface area contributed by atoms with Gasteiger partial charge >= 0.3 is 0 Å². The van der Waals surface area contributed by atoms with E-state index in [1.807, 2.05) is 54.4 Å². The minimum atomic E-state index is -0.431. The van der Waals surface area contributed by atoms with Crippen LogP contribution in [0.25, 0.3) is 0 Å². The van der Waals surface area contributed by atoms with Crippen LogP contribution in [0.15, 0.2) is 54.7 Å². The smallest absolute Gasteiger partial charge is 0.248 e. The second-order valence-corrected chi connectivity index (χ2v) is 8.24. The average molecular weight is 467 g/mol. The van der Waals surface area contributed by atoms with E-state index in [9.17, 15) is 4.79 Å². The second kappa shape index (κ2) is 10.5. The molecule has 0 saturated carbocycles. The first-order valence-corrected chi connectivity index (χ1v) is 11.2. The molecule has 3 aromatic rings. The van der Waals surface area contributed by atoms with Crippen molar-refractivity contribution in [2.45, 2.75) is 6.42 Å². The van der Waals surface area contributed by atoms with Gasteiger partial charge in [0, 0.05) is 54.8 Å². The molecule has 33 heavy (non-hydrogen) atoms. The number of nitrogens with one attached hydrogen (secondary N) is 1. The van der Waals surface area contributed by atoms with Gasteiger partial charge in [-0.1, -0.05) is 17.7 Å². The Labute approximate surface area is 198 Å². The van der Waals surface area contributed by atoms with E-state index < -0.39 is 5.91 Å². The lowest BCUT2D eigenvalue weighted by Gasteiger charge is -2.29. The van der Waals surface area contributed by atoms with Crippen molar-refractivity contribution >= 4 is 40.6 Å². The number of morpholine rings is 1. The van der Waals surface area contributed by atoms with Gasteiger partial charge in [0.25, 0.3) is 0 Å². The van der Waals surface area contributed by atoms with Crippen molar-refractivity contribution in [1.82, 2.24) is 9.97 Å². The van der Waals surface area contributed by atoms with E-state index in [2.05, 4.69) is 26.3 Å². The normalized spacial score (nSPS) is 13.6. The molecule has 2 aromatic carbocycles. The first-order chi connectivity index (χ1) is 16.0. The Balaban J connectivity index is 1.43. The van der Waals surface area contributed by atoms with Crippen LogP contribution in [0.2, 0.25) is 5.02 Å². The lowest BCUT2D eigenvalue weighted by Crippen LogP contribution is -2.36. The maximum absolute atomic E-state index is 11.9. The summed E-state index contributed by atoms with van der Waals surface area (Å²) in [7, 11) is 1.93. The molecule has 9 heteroatoms. The van der Waals surface area contributed by atoms with Crippen LogP contribution in [0.4, 0.5) is 23.1 Å². The predicted octanol–water partition coefficient (Wildman–Crippen LogP) is 3.49. The Morgan fingerprint density at radius 3 is 2.79 bits per heavy atom. The minimum Gasteiger partial charge on any atom is -0.378 e. The van der Waals surface area contributed by atoms with Crippen LogP contribution in [0.1, 0.15) is 15.9 Å². The lowest BCUT2D eigenvalue weighted by molar-refractivity contribution is 0.1000. The number of rotatable bonds is 8. The molecular weight excluding hydrogens is 440 g/mol. The minimum absolute atomic E-state index is 0.431. The summed E-state index contributed by atoms with van der Waals surface area (Å²) in [6.45, 7) is 3.54. The first-order valence-electron chi connectivity index (χ1n) is 10.8. The van der Waals surface area contributed by atoms with E-state index in [1.54, 1.807) is 6.20 Å². The number of nitrogens with zero attached hydrogens (tertiary/aromatic N) is 4. The highest BCUT2D eigenvalue weighted by Gasteiger charge is 2.14. The van der Waals surface area contributed by atoms with Crippen molar-refractivity contribution in [3.63, 3.8) is 0 Å². The molecule has 0 bridgehead atoms. The molecule has 2 heterocycles. The summed E-state index contributed by atoms with van der Waals surface area (Å²) < 4.78 is 5.44. The summed E-state index contributed by atoms with van der Waals surface area (Å²) in [5.41, 5.74) is 9.03. The topological polar surface area (TPSA) is 96.6 Å². The predicted molar refractivity (Wildman–Crippen MR) is 132 cm³/mol. The summed E-state index contributed by atoms with van der Waals surface area (Å²) in [6, 6.07) is 15.2. The standard InChI is InChI=1S/C24H27ClN6O2/c1-30(20-4-2-3-19(25)16-20)22-6-8-28-24(29-22)27-7-5-17-13-18(23(26)32)15-21(14-17)31-9-11-33-12-10-31/h2-4,6,8,13-16H,5,7,9-12H2,1H3,(H2,26,32)(H,27,28,29). The Morgan fingerprint density at radius 1 is 1.21 bits per heavy atom. The van der Waals surface area contributed by atoms with Crippen LogP contribution in [-0.2, 0) is 11.2 Å². The number of amides is 1.